The second-order valence-electron chi connectivity index (χ2n) is 4.91. The lowest BCUT2D eigenvalue weighted by atomic mass is 9.94. The molecule has 0 aromatic carbocycles. The fraction of sp³-hybridized carbons (Fsp3) is 0.909. The van der Waals surface area contributed by atoms with Gasteiger partial charge in [0.1, 0.15) is 5.54 Å². The van der Waals surface area contributed by atoms with Crippen molar-refractivity contribution in [2.45, 2.75) is 57.0 Å². The third-order valence-electron chi connectivity index (χ3n) is 3.70. The van der Waals surface area contributed by atoms with E-state index in [-0.39, 0.29) is 0 Å². The van der Waals surface area contributed by atoms with E-state index in [1.165, 1.54) is 12.8 Å². The predicted octanol–water partition coefficient (Wildman–Crippen LogP) is 1.77. The second-order valence-corrected chi connectivity index (χ2v) is 4.91. The summed E-state index contributed by atoms with van der Waals surface area (Å²) in [4.78, 5) is 11.2. The maximum atomic E-state index is 11.2. The van der Waals surface area contributed by atoms with Gasteiger partial charge in [-0.3, -0.25) is 10.1 Å². The molecule has 0 aromatic rings. The molecule has 0 aliphatic heterocycles. The summed E-state index contributed by atoms with van der Waals surface area (Å²) in [6.07, 6.45) is 6.94. The molecule has 3 nitrogen and oxygen atoms in total. The minimum absolute atomic E-state index is 0.362. The average Bonchev–Trinajstić information content (AvgIpc) is 2.87. The first kappa shape index (κ1) is 9.97. The monoisotopic (exact) mass is 197 g/mol. The van der Waals surface area contributed by atoms with Gasteiger partial charge in [-0.05, 0) is 38.5 Å². The van der Waals surface area contributed by atoms with E-state index >= 15 is 0 Å². The lowest BCUT2D eigenvalue weighted by Gasteiger charge is -2.29. The summed E-state index contributed by atoms with van der Waals surface area (Å²) in [6, 6.07) is 0.441. The van der Waals surface area contributed by atoms with E-state index in [0.717, 1.165) is 25.7 Å². The highest BCUT2D eigenvalue weighted by Crippen LogP contribution is 2.40. The summed E-state index contributed by atoms with van der Waals surface area (Å²) < 4.78 is 0. The van der Waals surface area contributed by atoms with Crippen molar-refractivity contribution in [2.75, 3.05) is 0 Å². The summed E-state index contributed by atoms with van der Waals surface area (Å²) in [5.74, 6) is -0.313. The van der Waals surface area contributed by atoms with Gasteiger partial charge in [-0.1, -0.05) is 12.8 Å². The first-order valence-electron chi connectivity index (χ1n) is 5.64. The molecule has 2 saturated carbocycles. The molecule has 0 heterocycles. The maximum Gasteiger partial charge on any atom is 0.323 e. The Morgan fingerprint density at radius 2 is 1.86 bits per heavy atom. The Labute approximate surface area is 84.9 Å². The third kappa shape index (κ3) is 1.78. The molecule has 1 unspecified atom stereocenters. The minimum atomic E-state index is -0.674. The van der Waals surface area contributed by atoms with Crippen molar-refractivity contribution in [3.8, 4) is 0 Å². The molecule has 2 aliphatic rings. The number of hydrogen-bond donors (Lipinski definition) is 2. The van der Waals surface area contributed by atoms with E-state index in [0.29, 0.717) is 12.0 Å². The molecule has 3 heteroatoms. The Bertz CT molecular complexity index is 231. The Morgan fingerprint density at radius 3 is 2.29 bits per heavy atom. The standard InChI is InChI=1S/C11H19NO2/c1-11(10(13)14,8-6-7-8)12-9-4-2-3-5-9/h8-9,12H,2-7H2,1H3,(H,13,14). The Kier molecular flexibility index (Phi) is 2.52. The van der Waals surface area contributed by atoms with Crippen LogP contribution in [0.4, 0.5) is 0 Å². The van der Waals surface area contributed by atoms with Crippen LogP contribution in [0.15, 0.2) is 0 Å². The predicted molar refractivity (Wildman–Crippen MR) is 54.2 cm³/mol. The van der Waals surface area contributed by atoms with Crippen LogP contribution < -0.4 is 5.32 Å². The Balaban J connectivity index is 1.99. The topological polar surface area (TPSA) is 49.3 Å². The van der Waals surface area contributed by atoms with Crippen LogP contribution in [0, 0.1) is 5.92 Å². The first-order valence-corrected chi connectivity index (χ1v) is 5.64. The normalized spacial score (nSPS) is 27.5. The van der Waals surface area contributed by atoms with Crippen LogP contribution in [0.3, 0.4) is 0 Å². The van der Waals surface area contributed by atoms with E-state index < -0.39 is 11.5 Å². The summed E-state index contributed by atoms with van der Waals surface area (Å²) in [6.45, 7) is 1.85. The average molecular weight is 197 g/mol. The van der Waals surface area contributed by atoms with Gasteiger partial charge in [0, 0.05) is 6.04 Å². The van der Waals surface area contributed by atoms with Gasteiger partial charge in [-0.15, -0.1) is 0 Å². The quantitative estimate of drug-likeness (QED) is 0.722. The van der Waals surface area contributed by atoms with Crippen LogP contribution in [0.25, 0.3) is 0 Å². The van der Waals surface area contributed by atoms with E-state index in [4.69, 9.17) is 0 Å². The molecular weight excluding hydrogens is 178 g/mol. The molecule has 80 valence electrons. The van der Waals surface area contributed by atoms with Gasteiger partial charge in [-0.2, -0.15) is 0 Å². The largest absolute Gasteiger partial charge is 0.480 e. The number of carboxylic acid groups (broad SMARTS) is 1. The van der Waals surface area contributed by atoms with Crippen LogP contribution >= 0.6 is 0 Å². The minimum Gasteiger partial charge on any atom is -0.480 e. The zero-order valence-electron chi connectivity index (χ0n) is 8.75. The summed E-state index contributed by atoms with van der Waals surface area (Å²) >= 11 is 0. The van der Waals surface area contributed by atoms with E-state index in [1.807, 2.05) is 6.92 Å². The van der Waals surface area contributed by atoms with Crippen molar-refractivity contribution < 1.29 is 9.90 Å². The molecule has 0 saturated heterocycles. The number of rotatable bonds is 4. The third-order valence-corrected chi connectivity index (χ3v) is 3.70. The summed E-state index contributed by atoms with van der Waals surface area (Å²) in [5, 5.41) is 12.6. The fourth-order valence-corrected chi connectivity index (χ4v) is 2.51. The smallest absolute Gasteiger partial charge is 0.323 e. The van der Waals surface area contributed by atoms with Crippen molar-refractivity contribution >= 4 is 5.97 Å². The highest BCUT2D eigenvalue weighted by Gasteiger charge is 2.48. The van der Waals surface area contributed by atoms with Gasteiger partial charge in [-0.25, -0.2) is 0 Å². The van der Waals surface area contributed by atoms with E-state index in [9.17, 15) is 9.90 Å². The van der Waals surface area contributed by atoms with Crippen molar-refractivity contribution in [3.63, 3.8) is 0 Å². The molecule has 14 heavy (non-hydrogen) atoms. The highest BCUT2D eigenvalue weighted by molar-refractivity contribution is 5.79. The fourth-order valence-electron chi connectivity index (χ4n) is 2.51. The molecule has 0 aromatic heterocycles. The van der Waals surface area contributed by atoms with Crippen molar-refractivity contribution in [3.05, 3.63) is 0 Å². The number of carbonyl (C=O) groups is 1. The van der Waals surface area contributed by atoms with Gasteiger partial charge < -0.3 is 5.11 Å². The molecule has 0 spiro atoms. The zero-order chi connectivity index (χ0) is 10.2. The Hall–Kier alpha value is -0.570. The van der Waals surface area contributed by atoms with Crippen molar-refractivity contribution in [1.82, 2.24) is 5.32 Å². The van der Waals surface area contributed by atoms with Crippen LogP contribution in [-0.2, 0) is 4.79 Å². The highest BCUT2D eigenvalue weighted by atomic mass is 16.4. The summed E-state index contributed by atoms with van der Waals surface area (Å²) in [7, 11) is 0. The lowest BCUT2D eigenvalue weighted by molar-refractivity contribution is -0.145. The van der Waals surface area contributed by atoms with E-state index in [2.05, 4.69) is 5.32 Å². The van der Waals surface area contributed by atoms with Crippen molar-refractivity contribution in [1.29, 1.82) is 0 Å². The molecule has 2 aliphatic carbocycles. The molecule has 1 atom stereocenters. The number of nitrogens with one attached hydrogen (secondary N) is 1. The van der Waals surface area contributed by atoms with Crippen LogP contribution in [-0.4, -0.2) is 22.7 Å². The molecular formula is C11H19NO2. The van der Waals surface area contributed by atoms with Gasteiger partial charge in [0.25, 0.3) is 0 Å². The first-order chi connectivity index (χ1) is 6.63. The molecule has 2 rings (SSSR count). The van der Waals surface area contributed by atoms with Gasteiger partial charge >= 0.3 is 5.97 Å². The van der Waals surface area contributed by atoms with Crippen LogP contribution in [0.2, 0.25) is 0 Å². The lowest BCUT2D eigenvalue weighted by Crippen LogP contribution is -2.54. The molecule has 0 bridgehead atoms. The number of aliphatic carboxylic acids is 1. The number of hydrogen-bond acceptors (Lipinski definition) is 2. The molecule has 0 amide bonds. The number of carboxylic acids is 1. The second kappa shape index (κ2) is 3.54. The van der Waals surface area contributed by atoms with Gasteiger partial charge in [0.05, 0.1) is 0 Å². The maximum absolute atomic E-state index is 11.2. The van der Waals surface area contributed by atoms with Gasteiger partial charge in [0.15, 0.2) is 0 Å². The Morgan fingerprint density at radius 1 is 1.29 bits per heavy atom. The van der Waals surface area contributed by atoms with Gasteiger partial charge in [0.2, 0.25) is 0 Å². The molecule has 2 N–H and O–H groups in total. The molecule has 0 radical (unpaired) electrons. The van der Waals surface area contributed by atoms with Crippen molar-refractivity contribution in [2.24, 2.45) is 5.92 Å². The van der Waals surface area contributed by atoms with E-state index in [1.54, 1.807) is 0 Å². The zero-order valence-corrected chi connectivity index (χ0v) is 8.75. The van der Waals surface area contributed by atoms with Crippen LogP contribution in [0.5, 0.6) is 0 Å². The van der Waals surface area contributed by atoms with Crippen LogP contribution in [0.1, 0.15) is 45.4 Å². The SMILES string of the molecule is CC(NC1CCCC1)(C(=O)O)C1CC1. The molecule has 2 fully saturated rings. The summed E-state index contributed by atoms with van der Waals surface area (Å²) in [5.41, 5.74) is -0.658.